The highest BCUT2D eigenvalue weighted by Crippen LogP contribution is 2.45. The van der Waals surface area contributed by atoms with Crippen LogP contribution in [0.4, 0.5) is 5.69 Å². The van der Waals surface area contributed by atoms with Crippen LogP contribution in [0.5, 0.6) is 0 Å². The summed E-state index contributed by atoms with van der Waals surface area (Å²) in [4.78, 5) is 35.1. The average molecular weight is 474 g/mol. The summed E-state index contributed by atoms with van der Waals surface area (Å²) in [5, 5.41) is 2.04. The zero-order valence-corrected chi connectivity index (χ0v) is 20.6. The molecule has 2 aliphatic rings. The Kier molecular flexibility index (Phi) is 6.42. The van der Waals surface area contributed by atoms with Gasteiger partial charge in [0.2, 0.25) is 5.91 Å². The number of hydrogen-bond donors (Lipinski definition) is 0. The molecule has 176 valence electrons. The van der Waals surface area contributed by atoms with E-state index in [1.54, 1.807) is 11.3 Å². The zero-order valence-electron chi connectivity index (χ0n) is 19.8. The Morgan fingerprint density at radius 2 is 1.65 bits per heavy atom. The molecule has 1 fully saturated rings. The van der Waals surface area contributed by atoms with Crippen molar-refractivity contribution in [1.82, 2.24) is 9.80 Å². The standard InChI is InChI=1S/C28H31N3O2S/c1-20(2)19-31-26(24-13-8-18-34-24)25(22-11-6-7-12-23(22)27(31)32)28(33)30-16-14-29(15-17-30)21-9-4-3-5-10-21/h3-13,18,20,25-26H,14-17,19H2,1-2H3/t25-,26-/m0/s1. The van der Waals surface area contributed by atoms with Crippen molar-refractivity contribution in [2.24, 2.45) is 5.92 Å². The number of rotatable bonds is 5. The van der Waals surface area contributed by atoms with Crippen LogP contribution in [0.15, 0.2) is 72.1 Å². The van der Waals surface area contributed by atoms with Gasteiger partial charge in [-0.25, -0.2) is 0 Å². The molecule has 5 rings (SSSR count). The molecule has 0 spiro atoms. The maximum Gasteiger partial charge on any atom is 0.254 e. The van der Waals surface area contributed by atoms with Crippen LogP contribution in [0.3, 0.4) is 0 Å². The Bertz CT molecular complexity index is 1140. The van der Waals surface area contributed by atoms with E-state index in [0.29, 0.717) is 31.1 Å². The number of para-hydroxylation sites is 1. The van der Waals surface area contributed by atoms with E-state index in [1.807, 2.05) is 51.6 Å². The number of carbonyl (C=O) groups excluding carboxylic acids is 2. The molecule has 0 radical (unpaired) electrons. The second-order valence-corrected chi connectivity index (χ2v) is 10.5. The van der Waals surface area contributed by atoms with Gasteiger partial charge in [0.15, 0.2) is 0 Å². The molecule has 0 N–H and O–H groups in total. The van der Waals surface area contributed by atoms with Crippen molar-refractivity contribution < 1.29 is 9.59 Å². The van der Waals surface area contributed by atoms with Crippen LogP contribution < -0.4 is 4.90 Å². The maximum absolute atomic E-state index is 14.2. The molecule has 0 bridgehead atoms. The summed E-state index contributed by atoms with van der Waals surface area (Å²) in [6.07, 6.45) is 0. The van der Waals surface area contributed by atoms with Gasteiger partial charge in [-0.15, -0.1) is 11.3 Å². The van der Waals surface area contributed by atoms with Crippen LogP contribution >= 0.6 is 11.3 Å². The summed E-state index contributed by atoms with van der Waals surface area (Å²) in [6.45, 7) is 7.85. The number of thiophene rings is 1. The van der Waals surface area contributed by atoms with Gasteiger partial charge < -0.3 is 14.7 Å². The molecule has 2 atom stereocenters. The normalized spacial score (nSPS) is 20.6. The molecular formula is C28H31N3O2S. The van der Waals surface area contributed by atoms with Gasteiger partial charge in [0.1, 0.15) is 0 Å². The van der Waals surface area contributed by atoms with Crippen molar-refractivity contribution in [2.45, 2.75) is 25.8 Å². The summed E-state index contributed by atoms with van der Waals surface area (Å²) < 4.78 is 0. The summed E-state index contributed by atoms with van der Waals surface area (Å²) in [5.74, 6) is 0.0666. The van der Waals surface area contributed by atoms with E-state index in [0.717, 1.165) is 23.5 Å². The predicted molar refractivity (Wildman–Crippen MR) is 137 cm³/mol. The Hall–Kier alpha value is -3.12. The highest BCUT2D eigenvalue weighted by atomic mass is 32.1. The third-order valence-corrected chi connectivity index (χ3v) is 7.76. The third-order valence-electron chi connectivity index (χ3n) is 6.81. The Morgan fingerprint density at radius 1 is 0.941 bits per heavy atom. The molecule has 0 saturated carbocycles. The van der Waals surface area contributed by atoms with Crippen molar-refractivity contribution in [2.75, 3.05) is 37.6 Å². The second kappa shape index (κ2) is 9.63. The molecular weight excluding hydrogens is 442 g/mol. The molecule has 0 unspecified atom stereocenters. The van der Waals surface area contributed by atoms with E-state index in [-0.39, 0.29) is 17.9 Å². The third kappa shape index (κ3) is 4.23. The van der Waals surface area contributed by atoms with E-state index in [2.05, 4.69) is 49.1 Å². The largest absolute Gasteiger partial charge is 0.368 e. The van der Waals surface area contributed by atoms with Crippen molar-refractivity contribution >= 4 is 28.8 Å². The van der Waals surface area contributed by atoms with Crippen LogP contribution in [-0.2, 0) is 4.79 Å². The van der Waals surface area contributed by atoms with Gasteiger partial charge in [-0.3, -0.25) is 9.59 Å². The molecule has 5 nitrogen and oxygen atoms in total. The van der Waals surface area contributed by atoms with E-state index in [9.17, 15) is 9.59 Å². The van der Waals surface area contributed by atoms with E-state index >= 15 is 0 Å². The highest BCUT2D eigenvalue weighted by Gasteiger charge is 2.46. The number of carbonyl (C=O) groups is 2. The minimum atomic E-state index is -0.394. The average Bonchev–Trinajstić information content (AvgIpc) is 3.40. The SMILES string of the molecule is CC(C)CN1C(=O)c2ccccc2[C@H](C(=O)N2CCN(c3ccccc3)CC2)[C@@H]1c1cccs1. The molecule has 3 aromatic rings. The van der Waals surface area contributed by atoms with Crippen LogP contribution in [0.2, 0.25) is 0 Å². The lowest BCUT2D eigenvalue weighted by atomic mass is 9.80. The zero-order chi connectivity index (χ0) is 23.7. The minimum Gasteiger partial charge on any atom is -0.368 e. The monoisotopic (exact) mass is 473 g/mol. The first kappa shape index (κ1) is 22.7. The van der Waals surface area contributed by atoms with E-state index in [1.165, 1.54) is 5.69 Å². The smallest absolute Gasteiger partial charge is 0.254 e. The van der Waals surface area contributed by atoms with E-state index in [4.69, 9.17) is 0 Å². The van der Waals surface area contributed by atoms with Gasteiger partial charge in [-0.05, 0) is 41.1 Å². The number of nitrogens with zero attached hydrogens (tertiary/aromatic N) is 3. The summed E-state index contributed by atoms with van der Waals surface area (Å²) in [6, 6.07) is 21.9. The Morgan fingerprint density at radius 3 is 2.32 bits per heavy atom. The van der Waals surface area contributed by atoms with Crippen LogP contribution in [0.25, 0.3) is 0 Å². The Labute approximate surface area is 205 Å². The minimum absolute atomic E-state index is 0.0284. The maximum atomic E-state index is 14.2. The molecule has 2 aromatic carbocycles. The lowest BCUT2D eigenvalue weighted by Crippen LogP contribution is -2.53. The van der Waals surface area contributed by atoms with Crippen molar-refractivity contribution in [3.05, 3.63) is 88.1 Å². The van der Waals surface area contributed by atoms with Crippen LogP contribution in [0, 0.1) is 5.92 Å². The number of benzene rings is 2. The van der Waals surface area contributed by atoms with Crippen molar-refractivity contribution in [3.63, 3.8) is 0 Å². The second-order valence-electron chi connectivity index (χ2n) is 9.52. The summed E-state index contributed by atoms with van der Waals surface area (Å²) >= 11 is 1.63. The lowest BCUT2D eigenvalue weighted by molar-refractivity contribution is -0.135. The van der Waals surface area contributed by atoms with Gasteiger partial charge >= 0.3 is 0 Å². The van der Waals surface area contributed by atoms with E-state index < -0.39 is 5.92 Å². The van der Waals surface area contributed by atoms with Gasteiger partial charge in [0, 0.05) is 48.9 Å². The number of anilines is 1. The fourth-order valence-electron chi connectivity index (χ4n) is 5.25. The molecule has 1 aromatic heterocycles. The molecule has 0 aliphatic carbocycles. The van der Waals surface area contributed by atoms with Crippen LogP contribution in [-0.4, -0.2) is 54.3 Å². The predicted octanol–water partition coefficient (Wildman–Crippen LogP) is 5.03. The van der Waals surface area contributed by atoms with Crippen LogP contribution in [0.1, 0.15) is 46.6 Å². The molecule has 2 aliphatic heterocycles. The topological polar surface area (TPSA) is 43.9 Å². The quantitative estimate of drug-likeness (QED) is 0.522. The van der Waals surface area contributed by atoms with Crippen molar-refractivity contribution in [1.29, 1.82) is 0 Å². The molecule has 1 saturated heterocycles. The molecule has 2 amide bonds. The first-order valence-corrected chi connectivity index (χ1v) is 12.9. The lowest BCUT2D eigenvalue weighted by Gasteiger charge is -2.44. The first-order chi connectivity index (χ1) is 16.5. The van der Waals surface area contributed by atoms with Gasteiger partial charge in [-0.2, -0.15) is 0 Å². The van der Waals surface area contributed by atoms with Gasteiger partial charge in [0.25, 0.3) is 5.91 Å². The first-order valence-electron chi connectivity index (χ1n) is 12.1. The Balaban J connectivity index is 1.48. The summed E-state index contributed by atoms with van der Waals surface area (Å²) in [5.41, 5.74) is 2.72. The molecule has 6 heteroatoms. The van der Waals surface area contributed by atoms with Gasteiger partial charge in [-0.1, -0.05) is 56.3 Å². The number of fused-ring (bicyclic) bond motifs is 1. The number of hydrogen-bond acceptors (Lipinski definition) is 4. The number of piperazine rings is 1. The number of amides is 2. The van der Waals surface area contributed by atoms with Gasteiger partial charge in [0.05, 0.1) is 12.0 Å². The summed E-state index contributed by atoms with van der Waals surface area (Å²) in [7, 11) is 0. The molecule has 3 heterocycles. The van der Waals surface area contributed by atoms with Crippen molar-refractivity contribution in [3.8, 4) is 0 Å². The fourth-order valence-corrected chi connectivity index (χ4v) is 6.12. The molecule has 34 heavy (non-hydrogen) atoms. The highest BCUT2D eigenvalue weighted by molar-refractivity contribution is 7.10. The fraction of sp³-hybridized carbons (Fsp3) is 0.357.